The molecule has 2 N–H and O–H groups in total. The highest BCUT2D eigenvalue weighted by molar-refractivity contribution is 5.74. The lowest BCUT2D eigenvalue weighted by Gasteiger charge is -2.30. The van der Waals surface area contributed by atoms with E-state index < -0.39 is 6.10 Å². The molecule has 0 bridgehead atoms. The second-order valence-corrected chi connectivity index (χ2v) is 5.89. The van der Waals surface area contributed by atoms with Crippen molar-refractivity contribution in [3.05, 3.63) is 29.8 Å². The number of nitrogens with zero attached hydrogens (tertiary/aromatic N) is 1. The molecule has 2 rings (SSSR count). The van der Waals surface area contributed by atoms with Gasteiger partial charge >= 0.3 is 6.03 Å². The van der Waals surface area contributed by atoms with Crippen molar-refractivity contribution in [3.8, 4) is 5.75 Å². The number of β-amino-alcohol motifs (C(OH)–C–C–N with tert-alkyl or cyclic N) is 1. The molecule has 1 saturated heterocycles. The molecular weight excluding hydrogens is 280 g/mol. The largest absolute Gasteiger partial charge is 0.489 e. The van der Waals surface area contributed by atoms with Crippen molar-refractivity contribution in [1.82, 2.24) is 10.2 Å². The molecule has 5 heteroatoms. The number of piperidine rings is 1. The van der Waals surface area contributed by atoms with Crippen LogP contribution in [0.4, 0.5) is 4.79 Å². The highest BCUT2D eigenvalue weighted by Crippen LogP contribution is 2.15. The number of nitrogens with one attached hydrogen (secondary N) is 1. The molecule has 0 radical (unpaired) electrons. The van der Waals surface area contributed by atoms with Gasteiger partial charge in [0, 0.05) is 13.1 Å². The molecule has 1 fully saturated rings. The second kappa shape index (κ2) is 8.03. The van der Waals surface area contributed by atoms with Crippen molar-refractivity contribution < 1.29 is 14.6 Å². The Hall–Kier alpha value is -1.75. The van der Waals surface area contributed by atoms with Crippen LogP contribution < -0.4 is 10.1 Å². The van der Waals surface area contributed by atoms with Gasteiger partial charge in [0.15, 0.2) is 0 Å². The Morgan fingerprint density at radius 2 is 2.36 bits per heavy atom. The number of benzene rings is 1. The summed E-state index contributed by atoms with van der Waals surface area (Å²) in [6.45, 7) is 5.66. The zero-order valence-electron chi connectivity index (χ0n) is 13.4. The average Bonchev–Trinajstić information content (AvgIpc) is 2.51. The number of aliphatic hydroxyl groups excluding tert-OH is 1. The van der Waals surface area contributed by atoms with Crippen molar-refractivity contribution in [2.24, 2.45) is 0 Å². The number of carbonyl (C=O) groups excluding carboxylic acids is 1. The third-order valence-corrected chi connectivity index (χ3v) is 3.91. The van der Waals surface area contributed by atoms with Crippen LogP contribution in [0.5, 0.6) is 5.75 Å². The molecule has 0 aliphatic carbocycles. The number of likely N-dealkylation sites (tertiary alicyclic amines) is 1. The normalized spacial score (nSPS) is 19.6. The van der Waals surface area contributed by atoms with Gasteiger partial charge in [-0.25, -0.2) is 4.79 Å². The van der Waals surface area contributed by atoms with Crippen LogP contribution in [0.25, 0.3) is 0 Å². The van der Waals surface area contributed by atoms with E-state index in [9.17, 15) is 9.90 Å². The Bertz CT molecular complexity index is 493. The van der Waals surface area contributed by atoms with Crippen LogP contribution in [0.3, 0.4) is 0 Å². The molecule has 2 amide bonds. The molecule has 5 nitrogen and oxygen atoms in total. The number of aliphatic hydroxyl groups is 1. The van der Waals surface area contributed by atoms with E-state index >= 15 is 0 Å². The maximum Gasteiger partial charge on any atom is 0.317 e. The van der Waals surface area contributed by atoms with Crippen molar-refractivity contribution in [1.29, 1.82) is 0 Å². The summed E-state index contributed by atoms with van der Waals surface area (Å²) >= 11 is 0. The number of ether oxygens (including phenoxy) is 1. The van der Waals surface area contributed by atoms with E-state index in [1.165, 1.54) is 0 Å². The van der Waals surface area contributed by atoms with E-state index in [1.807, 2.05) is 38.1 Å². The van der Waals surface area contributed by atoms with Gasteiger partial charge in [-0.3, -0.25) is 0 Å². The summed E-state index contributed by atoms with van der Waals surface area (Å²) in [6.07, 6.45) is 1.99. The Morgan fingerprint density at radius 1 is 1.55 bits per heavy atom. The monoisotopic (exact) mass is 306 g/mol. The van der Waals surface area contributed by atoms with E-state index in [-0.39, 0.29) is 12.1 Å². The standard InChI is InChI=1S/C17H26N2O3/c1-3-15(22-16-8-4-6-13(2)10-16)11-18-17(21)19-9-5-7-14(20)12-19/h4,6,8,10,14-15,20H,3,5,7,9,11-12H2,1-2H3,(H,18,21)/t14-,15+/m1/s1. The molecule has 0 saturated carbocycles. The third-order valence-electron chi connectivity index (χ3n) is 3.91. The van der Waals surface area contributed by atoms with Gasteiger partial charge in [0.2, 0.25) is 0 Å². The Kier molecular flexibility index (Phi) is 6.07. The fourth-order valence-electron chi connectivity index (χ4n) is 2.60. The Balaban J connectivity index is 1.81. The Labute approximate surface area is 132 Å². The first-order valence-electron chi connectivity index (χ1n) is 8.02. The van der Waals surface area contributed by atoms with Crippen molar-refractivity contribution in [2.75, 3.05) is 19.6 Å². The van der Waals surface area contributed by atoms with Gasteiger partial charge in [0.25, 0.3) is 0 Å². The van der Waals surface area contributed by atoms with Gasteiger partial charge in [-0.1, -0.05) is 19.1 Å². The SMILES string of the molecule is CC[C@@H](CNC(=O)N1CCC[C@@H](O)C1)Oc1cccc(C)c1. The minimum atomic E-state index is -0.398. The molecule has 0 unspecified atom stereocenters. The summed E-state index contributed by atoms with van der Waals surface area (Å²) in [4.78, 5) is 13.8. The molecular formula is C17H26N2O3. The second-order valence-electron chi connectivity index (χ2n) is 5.89. The summed E-state index contributed by atoms with van der Waals surface area (Å²) in [7, 11) is 0. The lowest BCUT2D eigenvalue weighted by Crippen LogP contribution is -2.49. The van der Waals surface area contributed by atoms with Crippen LogP contribution in [0.1, 0.15) is 31.7 Å². The molecule has 1 aliphatic heterocycles. The Morgan fingerprint density at radius 3 is 3.05 bits per heavy atom. The molecule has 1 aromatic carbocycles. The zero-order chi connectivity index (χ0) is 15.9. The number of urea groups is 1. The van der Waals surface area contributed by atoms with Gasteiger partial charge in [0.05, 0.1) is 12.6 Å². The van der Waals surface area contributed by atoms with E-state index in [4.69, 9.17) is 4.74 Å². The fraction of sp³-hybridized carbons (Fsp3) is 0.588. The maximum absolute atomic E-state index is 12.1. The lowest BCUT2D eigenvalue weighted by atomic mass is 10.1. The summed E-state index contributed by atoms with van der Waals surface area (Å²) < 4.78 is 5.92. The van der Waals surface area contributed by atoms with Gasteiger partial charge in [-0.2, -0.15) is 0 Å². The molecule has 1 aliphatic rings. The minimum absolute atomic E-state index is 0.0551. The van der Waals surface area contributed by atoms with Gasteiger partial charge in [-0.05, 0) is 43.9 Å². The van der Waals surface area contributed by atoms with Crippen LogP contribution in [0, 0.1) is 6.92 Å². The number of rotatable bonds is 5. The van der Waals surface area contributed by atoms with E-state index in [0.29, 0.717) is 19.6 Å². The molecule has 1 aromatic rings. The highest BCUT2D eigenvalue weighted by atomic mass is 16.5. The minimum Gasteiger partial charge on any atom is -0.489 e. The summed E-state index contributed by atoms with van der Waals surface area (Å²) in [6, 6.07) is 7.79. The first-order valence-corrected chi connectivity index (χ1v) is 8.02. The van der Waals surface area contributed by atoms with Crippen LogP contribution in [0.2, 0.25) is 0 Å². The summed E-state index contributed by atoms with van der Waals surface area (Å²) in [5.74, 6) is 0.828. The molecule has 0 spiro atoms. The van der Waals surface area contributed by atoms with E-state index in [2.05, 4.69) is 5.32 Å². The molecule has 122 valence electrons. The smallest absolute Gasteiger partial charge is 0.317 e. The number of amides is 2. The number of hydrogen-bond donors (Lipinski definition) is 2. The number of carbonyl (C=O) groups is 1. The van der Waals surface area contributed by atoms with Crippen molar-refractivity contribution in [2.45, 2.75) is 45.3 Å². The van der Waals surface area contributed by atoms with Crippen LogP contribution in [-0.2, 0) is 0 Å². The van der Waals surface area contributed by atoms with Crippen molar-refractivity contribution in [3.63, 3.8) is 0 Å². The predicted octanol–water partition coefficient (Wildman–Crippen LogP) is 2.32. The molecule has 22 heavy (non-hydrogen) atoms. The van der Waals surface area contributed by atoms with Gasteiger partial charge in [-0.15, -0.1) is 0 Å². The summed E-state index contributed by atoms with van der Waals surface area (Å²) in [5.41, 5.74) is 1.15. The quantitative estimate of drug-likeness (QED) is 0.877. The number of aryl methyl sites for hydroxylation is 1. The first-order chi connectivity index (χ1) is 10.6. The average molecular weight is 306 g/mol. The van der Waals surface area contributed by atoms with Crippen molar-refractivity contribution >= 4 is 6.03 Å². The van der Waals surface area contributed by atoms with E-state index in [1.54, 1.807) is 4.90 Å². The lowest BCUT2D eigenvalue weighted by molar-refractivity contribution is 0.0829. The maximum atomic E-state index is 12.1. The van der Waals surface area contributed by atoms with Gasteiger partial charge in [0.1, 0.15) is 11.9 Å². The highest BCUT2D eigenvalue weighted by Gasteiger charge is 2.22. The van der Waals surface area contributed by atoms with E-state index in [0.717, 1.165) is 30.6 Å². The zero-order valence-corrected chi connectivity index (χ0v) is 13.4. The summed E-state index contributed by atoms with van der Waals surface area (Å²) in [5, 5.41) is 12.5. The topological polar surface area (TPSA) is 61.8 Å². The molecule has 0 aromatic heterocycles. The van der Waals surface area contributed by atoms with Gasteiger partial charge < -0.3 is 20.1 Å². The predicted molar refractivity (Wildman–Crippen MR) is 86.1 cm³/mol. The molecule has 1 heterocycles. The molecule has 2 atom stereocenters. The van der Waals surface area contributed by atoms with Crippen LogP contribution in [0.15, 0.2) is 24.3 Å². The third kappa shape index (κ3) is 4.91. The first kappa shape index (κ1) is 16.6. The fourth-order valence-corrected chi connectivity index (χ4v) is 2.60. The number of hydrogen-bond acceptors (Lipinski definition) is 3. The van der Waals surface area contributed by atoms with Crippen LogP contribution >= 0.6 is 0 Å². The van der Waals surface area contributed by atoms with Crippen LogP contribution in [-0.4, -0.2) is 47.9 Å².